The largest absolute Gasteiger partial charge is 0.396 e. The van der Waals surface area contributed by atoms with Crippen LogP contribution in [0.1, 0.15) is 46.0 Å². The van der Waals surface area contributed by atoms with Gasteiger partial charge in [-0.1, -0.05) is 33.1 Å². The van der Waals surface area contributed by atoms with Crippen LogP contribution in [0.4, 0.5) is 0 Å². The van der Waals surface area contributed by atoms with Crippen molar-refractivity contribution >= 4 is 0 Å². The van der Waals surface area contributed by atoms with Gasteiger partial charge in [0.1, 0.15) is 0 Å². The third-order valence-corrected chi connectivity index (χ3v) is 2.28. The summed E-state index contributed by atoms with van der Waals surface area (Å²) in [7, 11) is 1.55. The minimum Gasteiger partial charge on any atom is -0.396 e. The fourth-order valence-electron chi connectivity index (χ4n) is 1.46. The van der Waals surface area contributed by atoms with Gasteiger partial charge in [0, 0.05) is 13.7 Å². The van der Waals surface area contributed by atoms with E-state index in [9.17, 15) is 0 Å². The molecule has 15 heavy (non-hydrogen) atoms. The first kappa shape index (κ1) is 17.3. The first-order valence-corrected chi connectivity index (χ1v) is 6.05. The number of rotatable bonds is 3. The summed E-state index contributed by atoms with van der Waals surface area (Å²) in [6.07, 6.45) is 6.58. The van der Waals surface area contributed by atoms with E-state index in [1.165, 1.54) is 32.1 Å². The molecule has 1 saturated carbocycles. The van der Waals surface area contributed by atoms with E-state index in [1.807, 2.05) is 13.8 Å². The average molecular weight is 220 g/mol. The zero-order valence-electron chi connectivity index (χ0n) is 10.5. The molecule has 0 saturated heterocycles. The van der Waals surface area contributed by atoms with Crippen molar-refractivity contribution in [3.63, 3.8) is 0 Å². The molecule has 0 spiro atoms. The highest BCUT2D eigenvalue weighted by Crippen LogP contribution is 2.22. The molecular weight excluding hydrogens is 192 g/mol. The number of ether oxygens (including phenoxy) is 1. The summed E-state index contributed by atoms with van der Waals surface area (Å²) >= 11 is 0. The van der Waals surface area contributed by atoms with E-state index in [4.69, 9.17) is 10.2 Å². The van der Waals surface area contributed by atoms with Crippen molar-refractivity contribution in [1.29, 1.82) is 0 Å². The SMILES string of the molecule is CC.COCCO.OCC1CCCCC1. The number of hydrogen-bond donors (Lipinski definition) is 2. The van der Waals surface area contributed by atoms with Gasteiger partial charge in [-0.05, 0) is 18.8 Å². The molecule has 0 heterocycles. The fraction of sp³-hybridized carbons (Fsp3) is 1.00. The molecular formula is C12H28O3. The summed E-state index contributed by atoms with van der Waals surface area (Å²) in [5.41, 5.74) is 0. The maximum absolute atomic E-state index is 8.69. The average Bonchev–Trinajstić information content (AvgIpc) is 2.34. The molecule has 1 aliphatic rings. The van der Waals surface area contributed by atoms with Crippen molar-refractivity contribution in [1.82, 2.24) is 0 Å². The van der Waals surface area contributed by atoms with E-state index in [-0.39, 0.29) is 6.61 Å². The third-order valence-electron chi connectivity index (χ3n) is 2.28. The van der Waals surface area contributed by atoms with E-state index in [2.05, 4.69) is 4.74 Å². The molecule has 94 valence electrons. The zero-order chi connectivity index (χ0) is 11.9. The molecule has 0 aliphatic heterocycles. The summed E-state index contributed by atoms with van der Waals surface area (Å²) in [5.74, 6) is 0.642. The topological polar surface area (TPSA) is 49.7 Å². The molecule has 0 amide bonds. The van der Waals surface area contributed by atoms with Crippen LogP contribution in [-0.4, -0.2) is 37.1 Å². The maximum Gasteiger partial charge on any atom is 0.0693 e. The van der Waals surface area contributed by atoms with Crippen LogP contribution >= 0.6 is 0 Å². The lowest BCUT2D eigenvalue weighted by Crippen LogP contribution is -2.09. The van der Waals surface area contributed by atoms with Crippen LogP contribution in [0.15, 0.2) is 0 Å². The second kappa shape index (κ2) is 16.3. The Hall–Kier alpha value is -0.120. The van der Waals surface area contributed by atoms with Crippen LogP contribution in [0.5, 0.6) is 0 Å². The Labute approximate surface area is 94.5 Å². The molecule has 1 aliphatic carbocycles. The maximum atomic E-state index is 8.69. The highest BCUT2D eigenvalue weighted by atomic mass is 16.5. The van der Waals surface area contributed by atoms with Crippen molar-refractivity contribution in [3.05, 3.63) is 0 Å². The summed E-state index contributed by atoms with van der Waals surface area (Å²) in [4.78, 5) is 0. The Morgan fingerprint density at radius 2 is 1.60 bits per heavy atom. The molecule has 1 fully saturated rings. The first-order valence-electron chi connectivity index (χ1n) is 6.05. The normalized spacial score (nSPS) is 15.8. The van der Waals surface area contributed by atoms with Gasteiger partial charge in [0.2, 0.25) is 0 Å². The van der Waals surface area contributed by atoms with Gasteiger partial charge in [-0.15, -0.1) is 0 Å². The molecule has 0 unspecified atom stereocenters. The van der Waals surface area contributed by atoms with Gasteiger partial charge in [0.05, 0.1) is 13.2 Å². The molecule has 3 heteroatoms. The highest BCUT2D eigenvalue weighted by Gasteiger charge is 2.10. The van der Waals surface area contributed by atoms with Gasteiger partial charge in [0.25, 0.3) is 0 Å². The van der Waals surface area contributed by atoms with Crippen molar-refractivity contribution in [3.8, 4) is 0 Å². The zero-order valence-corrected chi connectivity index (χ0v) is 10.5. The van der Waals surface area contributed by atoms with Gasteiger partial charge in [-0.2, -0.15) is 0 Å². The standard InChI is InChI=1S/C7H14O.C3H8O2.C2H6/c8-6-7-4-2-1-3-5-7;1-5-3-2-4;1-2/h7-8H,1-6H2;4H,2-3H2,1H3;1-2H3. The molecule has 0 atom stereocenters. The number of hydrogen-bond acceptors (Lipinski definition) is 3. The van der Waals surface area contributed by atoms with Crippen molar-refractivity contribution in [2.45, 2.75) is 46.0 Å². The summed E-state index contributed by atoms with van der Waals surface area (Å²) in [5, 5.41) is 16.6. The monoisotopic (exact) mass is 220 g/mol. The minimum absolute atomic E-state index is 0.122. The van der Waals surface area contributed by atoms with Gasteiger partial charge >= 0.3 is 0 Å². The minimum atomic E-state index is 0.122. The van der Waals surface area contributed by atoms with Crippen molar-refractivity contribution < 1.29 is 14.9 Å². The Bertz CT molecular complexity index is 88.9. The molecule has 3 nitrogen and oxygen atoms in total. The van der Waals surface area contributed by atoms with Gasteiger partial charge in [0.15, 0.2) is 0 Å². The molecule has 1 rings (SSSR count). The van der Waals surface area contributed by atoms with E-state index >= 15 is 0 Å². The molecule has 0 aromatic carbocycles. The Balaban J connectivity index is 0. The van der Waals surface area contributed by atoms with E-state index in [0.29, 0.717) is 19.1 Å². The Morgan fingerprint density at radius 3 is 1.80 bits per heavy atom. The van der Waals surface area contributed by atoms with Crippen LogP contribution in [0.25, 0.3) is 0 Å². The van der Waals surface area contributed by atoms with Gasteiger partial charge in [-0.25, -0.2) is 0 Å². The molecule has 2 N–H and O–H groups in total. The van der Waals surface area contributed by atoms with Crippen LogP contribution in [0.2, 0.25) is 0 Å². The van der Waals surface area contributed by atoms with Crippen LogP contribution < -0.4 is 0 Å². The van der Waals surface area contributed by atoms with Crippen molar-refractivity contribution in [2.75, 3.05) is 26.9 Å². The third kappa shape index (κ3) is 13.9. The number of methoxy groups -OCH3 is 1. The molecule has 0 aromatic heterocycles. The lowest BCUT2D eigenvalue weighted by molar-refractivity contribution is 0.135. The van der Waals surface area contributed by atoms with Gasteiger partial charge < -0.3 is 14.9 Å². The van der Waals surface area contributed by atoms with Crippen LogP contribution in [0, 0.1) is 5.92 Å². The quantitative estimate of drug-likeness (QED) is 0.766. The number of aliphatic hydroxyl groups excluding tert-OH is 2. The predicted molar refractivity (Wildman–Crippen MR) is 64.0 cm³/mol. The van der Waals surface area contributed by atoms with E-state index in [0.717, 1.165) is 0 Å². The lowest BCUT2D eigenvalue weighted by Gasteiger charge is -2.18. The second-order valence-electron chi connectivity index (χ2n) is 3.40. The van der Waals surface area contributed by atoms with E-state index in [1.54, 1.807) is 7.11 Å². The summed E-state index contributed by atoms with van der Waals surface area (Å²) in [6, 6.07) is 0. The smallest absolute Gasteiger partial charge is 0.0693 e. The second-order valence-corrected chi connectivity index (χ2v) is 3.40. The van der Waals surface area contributed by atoms with E-state index < -0.39 is 0 Å². The molecule has 0 radical (unpaired) electrons. The predicted octanol–water partition coefficient (Wildman–Crippen LogP) is 2.21. The lowest BCUT2D eigenvalue weighted by atomic mass is 9.90. The van der Waals surface area contributed by atoms with Crippen LogP contribution in [0.3, 0.4) is 0 Å². The van der Waals surface area contributed by atoms with Crippen molar-refractivity contribution in [2.24, 2.45) is 5.92 Å². The molecule has 0 aromatic rings. The Morgan fingerprint density at radius 1 is 1.07 bits per heavy atom. The highest BCUT2D eigenvalue weighted by molar-refractivity contribution is 4.63. The summed E-state index contributed by atoms with van der Waals surface area (Å²) < 4.78 is 4.44. The fourth-order valence-corrected chi connectivity index (χ4v) is 1.46. The first-order chi connectivity index (χ1) is 7.35. The van der Waals surface area contributed by atoms with Gasteiger partial charge in [-0.3, -0.25) is 0 Å². The van der Waals surface area contributed by atoms with Crippen LogP contribution in [-0.2, 0) is 4.74 Å². The molecule has 0 bridgehead atoms. The summed E-state index contributed by atoms with van der Waals surface area (Å²) in [6.45, 7) is 4.98. The number of aliphatic hydroxyl groups is 2. The Kier molecular flexibility index (Phi) is 18.8.